The highest BCUT2D eigenvalue weighted by atomic mass is 28.3. The molecule has 0 aliphatic heterocycles. The van der Waals surface area contributed by atoms with Gasteiger partial charge in [0, 0.05) is 0 Å². The van der Waals surface area contributed by atoms with Crippen LogP contribution < -0.4 is 0 Å². The molecule has 0 unspecified atom stereocenters. The van der Waals surface area contributed by atoms with Crippen molar-refractivity contribution in [2.75, 3.05) is 0 Å². The van der Waals surface area contributed by atoms with Gasteiger partial charge in [-0.1, -0.05) is 13.1 Å². The Hall–Kier alpha value is 0.177. The highest BCUT2D eigenvalue weighted by molar-refractivity contribution is 6.59. The standard InChI is InChI=1S/C6H15OSi/c1-6(2)7-5-8(3)4/h5-6,8H,1-4H3. The molecule has 0 saturated heterocycles. The summed E-state index contributed by atoms with van der Waals surface area (Å²) < 4.78 is 5.24. The zero-order valence-electron chi connectivity index (χ0n) is 6.14. The number of ether oxygens (including phenoxy) is 1. The van der Waals surface area contributed by atoms with Crippen molar-refractivity contribution in [2.24, 2.45) is 0 Å². The van der Waals surface area contributed by atoms with Crippen LogP contribution in [0.3, 0.4) is 0 Å². The smallest absolute Gasteiger partial charge is 0.0685 e. The summed E-state index contributed by atoms with van der Waals surface area (Å²) in [6, 6.07) is 0. The maximum absolute atomic E-state index is 5.24. The van der Waals surface area contributed by atoms with E-state index >= 15 is 0 Å². The molecule has 0 aromatic heterocycles. The Bertz CT molecular complexity index is 44.5. The third-order valence-corrected chi connectivity index (χ3v) is 1.32. The zero-order valence-corrected chi connectivity index (χ0v) is 7.29. The molecule has 0 atom stereocenters. The van der Waals surface area contributed by atoms with Gasteiger partial charge in [-0.15, -0.1) is 0 Å². The fourth-order valence-electron chi connectivity index (χ4n) is 0.314. The van der Waals surface area contributed by atoms with Gasteiger partial charge in [-0.05, 0) is 13.8 Å². The van der Waals surface area contributed by atoms with Crippen LogP contribution in [0.15, 0.2) is 0 Å². The number of hydrogen-bond acceptors (Lipinski definition) is 1. The molecular weight excluding hydrogens is 116 g/mol. The van der Waals surface area contributed by atoms with Crippen LogP contribution in [0.4, 0.5) is 0 Å². The first-order valence-corrected chi connectivity index (χ1v) is 6.09. The van der Waals surface area contributed by atoms with Gasteiger partial charge < -0.3 is 4.74 Å². The molecule has 0 N–H and O–H groups in total. The van der Waals surface area contributed by atoms with E-state index in [4.69, 9.17) is 4.74 Å². The number of hydrogen-bond donors (Lipinski definition) is 0. The lowest BCUT2D eigenvalue weighted by atomic mass is 10.5. The third kappa shape index (κ3) is 6.18. The first-order chi connectivity index (χ1) is 3.63. The Morgan fingerprint density at radius 2 is 1.88 bits per heavy atom. The second-order valence-corrected chi connectivity index (χ2v) is 5.33. The third-order valence-electron chi connectivity index (χ3n) is 0.623. The summed E-state index contributed by atoms with van der Waals surface area (Å²) in [5.41, 5.74) is 0. The molecule has 0 amide bonds. The van der Waals surface area contributed by atoms with Crippen LogP contribution >= 0.6 is 0 Å². The topological polar surface area (TPSA) is 9.23 Å². The molecule has 2 heteroatoms. The molecule has 0 rings (SSSR count). The molecule has 0 saturated carbocycles. The van der Waals surface area contributed by atoms with Crippen molar-refractivity contribution in [2.45, 2.75) is 33.0 Å². The van der Waals surface area contributed by atoms with Crippen LogP contribution in [0.5, 0.6) is 0 Å². The van der Waals surface area contributed by atoms with E-state index in [-0.39, 0.29) is 0 Å². The average molecular weight is 131 g/mol. The van der Waals surface area contributed by atoms with E-state index in [1.165, 1.54) is 0 Å². The molecule has 0 aromatic carbocycles. The van der Waals surface area contributed by atoms with Crippen molar-refractivity contribution in [3.8, 4) is 0 Å². The Labute approximate surface area is 53.7 Å². The zero-order chi connectivity index (χ0) is 6.57. The molecule has 1 nitrogen and oxygen atoms in total. The summed E-state index contributed by atoms with van der Waals surface area (Å²) in [5, 5.41) is 0. The van der Waals surface area contributed by atoms with Crippen LogP contribution in [0, 0.1) is 6.23 Å². The van der Waals surface area contributed by atoms with Crippen molar-refractivity contribution in [3.05, 3.63) is 6.23 Å². The minimum Gasteiger partial charge on any atom is -0.377 e. The second-order valence-electron chi connectivity index (χ2n) is 2.56. The van der Waals surface area contributed by atoms with Gasteiger partial charge in [-0.25, -0.2) is 0 Å². The van der Waals surface area contributed by atoms with Crippen LogP contribution in [0.1, 0.15) is 13.8 Å². The summed E-state index contributed by atoms with van der Waals surface area (Å²) in [4.78, 5) is 0. The minimum absolute atomic E-state index is 0.366. The molecule has 1 radical (unpaired) electrons. The predicted molar refractivity (Wildman–Crippen MR) is 39.4 cm³/mol. The lowest BCUT2D eigenvalue weighted by molar-refractivity contribution is 0.158. The molecule has 0 aliphatic rings. The summed E-state index contributed by atoms with van der Waals surface area (Å²) in [5.74, 6) is 0. The van der Waals surface area contributed by atoms with Crippen molar-refractivity contribution < 1.29 is 4.74 Å². The molecule has 8 heavy (non-hydrogen) atoms. The molecule has 0 fully saturated rings. The van der Waals surface area contributed by atoms with Crippen LogP contribution in [-0.2, 0) is 4.74 Å². The second kappa shape index (κ2) is 4.10. The molecule has 0 aromatic rings. The van der Waals surface area contributed by atoms with Gasteiger partial charge in [0.25, 0.3) is 0 Å². The molecule has 0 aliphatic carbocycles. The predicted octanol–water partition coefficient (Wildman–Crippen LogP) is 1.60. The van der Waals surface area contributed by atoms with Crippen molar-refractivity contribution >= 4 is 8.80 Å². The van der Waals surface area contributed by atoms with E-state index < -0.39 is 8.80 Å². The van der Waals surface area contributed by atoms with Gasteiger partial charge in [0.05, 0.1) is 21.1 Å². The summed E-state index contributed by atoms with van der Waals surface area (Å²) in [6.45, 7) is 8.57. The highest BCUT2D eigenvalue weighted by Gasteiger charge is 1.97. The normalized spacial score (nSPS) is 11.2. The Balaban J connectivity index is 2.93. The van der Waals surface area contributed by atoms with Crippen LogP contribution in [0.2, 0.25) is 13.1 Å². The van der Waals surface area contributed by atoms with Gasteiger partial charge in [-0.2, -0.15) is 0 Å². The van der Waals surface area contributed by atoms with E-state index in [9.17, 15) is 0 Å². The largest absolute Gasteiger partial charge is 0.377 e. The van der Waals surface area contributed by atoms with Crippen molar-refractivity contribution in [3.63, 3.8) is 0 Å². The molecule has 0 bridgehead atoms. The summed E-state index contributed by atoms with van der Waals surface area (Å²) in [7, 11) is -0.574. The van der Waals surface area contributed by atoms with Crippen molar-refractivity contribution in [1.82, 2.24) is 0 Å². The fourth-order valence-corrected chi connectivity index (χ4v) is 0.943. The summed E-state index contributed by atoms with van der Waals surface area (Å²) in [6.07, 6.45) is 2.37. The Morgan fingerprint density at radius 3 is 2.00 bits per heavy atom. The minimum atomic E-state index is -0.574. The maximum atomic E-state index is 5.24. The SMILES string of the molecule is CC(C)O[CH][SiH](C)C. The first-order valence-electron chi connectivity index (χ1n) is 3.11. The van der Waals surface area contributed by atoms with Crippen molar-refractivity contribution in [1.29, 1.82) is 0 Å². The van der Waals surface area contributed by atoms with Gasteiger partial charge >= 0.3 is 0 Å². The van der Waals surface area contributed by atoms with Gasteiger partial charge in [0.2, 0.25) is 0 Å². The molecule has 0 heterocycles. The molecule has 0 spiro atoms. The lowest BCUT2D eigenvalue weighted by Crippen LogP contribution is -2.09. The lowest BCUT2D eigenvalue weighted by Gasteiger charge is -2.06. The Kier molecular flexibility index (Phi) is 4.19. The quantitative estimate of drug-likeness (QED) is 0.529. The van der Waals surface area contributed by atoms with Gasteiger partial charge in [-0.3, -0.25) is 0 Å². The maximum Gasteiger partial charge on any atom is 0.0685 e. The van der Waals surface area contributed by atoms with E-state index in [1.54, 1.807) is 0 Å². The van der Waals surface area contributed by atoms with Gasteiger partial charge in [0.15, 0.2) is 0 Å². The average Bonchev–Trinajstić information content (AvgIpc) is 1.61. The summed E-state index contributed by atoms with van der Waals surface area (Å²) >= 11 is 0. The molecule has 49 valence electrons. The molecular formula is C6H15OSi. The van der Waals surface area contributed by atoms with E-state index in [2.05, 4.69) is 13.1 Å². The Morgan fingerprint density at radius 1 is 1.38 bits per heavy atom. The first kappa shape index (κ1) is 8.18. The highest BCUT2D eigenvalue weighted by Crippen LogP contribution is 1.94. The monoisotopic (exact) mass is 131 g/mol. The van der Waals surface area contributed by atoms with E-state index in [0.29, 0.717) is 6.10 Å². The van der Waals surface area contributed by atoms with E-state index in [0.717, 1.165) is 0 Å². The van der Waals surface area contributed by atoms with Gasteiger partial charge in [0.1, 0.15) is 0 Å². The number of rotatable bonds is 3. The van der Waals surface area contributed by atoms with Crippen LogP contribution in [0.25, 0.3) is 0 Å². The van der Waals surface area contributed by atoms with E-state index in [1.807, 2.05) is 20.1 Å². The fraction of sp³-hybridized carbons (Fsp3) is 0.833. The van der Waals surface area contributed by atoms with Crippen LogP contribution in [-0.4, -0.2) is 14.9 Å².